The molecule has 1 amide bonds. The van der Waals surface area contributed by atoms with Gasteiger partial charge < -0.3 is 15.2 Å². The Morgan fingerprint density at radius 1 is 1.12 bits per heavy atom. The molecule has 136 valence electrons. The molecule has 2 aliphatic rings. The van der Waals surface area contributed by atoms with E-state index in [4.69, 9.17) is 4.74 Å². The Labute approximate surface area is 154 Å². The highest BCUT2D eigenvalue weighted by Gasteiger charge is 2.34. The van der Waals surface area contributed by atoms with E-state index in [-0.39, 0.29) is 12.1 Å². The SMILES string of the molecule is O=C(O)NC(Cc1ccccc1)C1Cc2cccc(C3CCCC3)c2O1. The average Bonchev–Trinajstić information content (AvgIpc) is 3.31. The Hall–Kier alpha value is -2.49. The van der Waals surface area contributed by atoms with E-state index in [1.807, 2.05) is 30.3 Å². The van der Waals surface area contributed by atoms with Crippen LogP contribution in [0.2, 0.25) is 0 Å². The van der Waals surface area contributed by atoms with Gasteiger partial charge in [0.15, 0.2) is 0 Å². The van der Waals surface area contributed by atoms with Gasteiger partial charge in [0.2, 0.25) is 0 Å². The molecule has 2 unspecified atom stereocenters. The highest BCUT2D eigenvalue weighted by Crippen LogP contribution is 2.43. The van der Waals surface area contributed by atoms with E-state index < -0.39 is 6.09 Å². The van der Waals surface area contributed by atoms with Gasteiger partial charge in [-0.3, -0.25) is 0 Å². The molecule has 0 radical (unpaired) electrons. The molecule has 0 saturated heterocycles. The van der Waals surface area contributed by atoms with Crippen LogP contribution in [-0.4, -0.2) is 23.3 Å². The van der Waals surface area contributed by atoms with Gasteiger partial charge in [-0.25, -0.2) is 4.79 Å². The van der Waals surface area contributed by atoms with Crippen LogP contribution < -0.4 is 10.1 Å². The van der Waals surface area contributed by atoms with E-state index >= 15 is 0 Å². The fourth-order valence-electron chi connectivity index (χ4n) is 4.40. The summed E-state index contributed by atoms with van der Waals surface area (Å²) in [4.78, 5) is 11.3. The van der Waals surface area contributed by atoms with Gasteiger partial charge in [0.25, 0.3) is 0 Å². The number of para-hydroxylation sites is 1. The zero-order chi connectivity index (χ0) is 17.9. The molecule has 2 aromatic carbocycles. The van der Waals surface area contributed by atoms with Crippen LogP contribution in [0.3, 0.4) is 0 Å². The standard InChI is InChI=1S/C22H25NO3/c24-22(25)23-19(13-15-7-2-1-3-8-15)20-14-17-11-6-12-18(21(17)26-20)16-9-4-5-10-16/h1-3,6-8,11-12,16,19-20,23H,4-5,9-10,13-14H2,(H,24,25). The van der Waals surface area contributed by atoms with Crippen LogP contribution in [0.1, 0.15) is 48.3 Å². The fraction of sp³-hybridized carbons (Fsp3) is 0.409. The maximum absolute atomic E-state index is 11.3. The molecule has 1 aliphatic heterocycles. The molecule has 1 aliphatic carbocycles. The lowest BCUT2D eigenvalue weighted by Gasteiger charge is -2.24. The van der Waals surface area contributed by atoms with Crippen LogP contribution in [0.15, 0.2) is 48.5 Å². The second-order valence-electron chi connectivity index (χ2n) is 7.42. The van der Waals surface area contributed by atoms with Gasteiger partial charge >= 0.3 is 6.09 Å². The van der Waals surface area contributed by atoms with Crippen LogP contribution in [0, 0.1) is 0 Å². The molecule has 1 fully saturated rings. The Morgan fingerprint density at radius 2 is 1.88 bits per heavy atom. The third kappa shape index (κ3) is 3.55. The van der Waals surface area contributed by atoms with Crippen LogP contribution in [0.25, 0.3) is 0 Å². The second-order valence-corrected chi connectivity index (χ2v) is 7.42. The average molecular weight is 351 g/mol. The molecule has 0 aromatic heterocycles. The first-order chi connectivity index (χ1) is 12.7. The van der Waals surface area contributed by atoms with Crippen molar-refractivity contribution in [3.63, 3.8) is 0 Å². The minimum Gasteiger partial charge on any atom is -0.487 e. The highest BCUT2D eigenvalue weighted by molar-refractivity contribution is 5.65. The zero-order valence-electron chi connectivity index (χ0n) is 14.9. The largest absolute Gasteiger partial charge is 0.487 e. The molecule has 1 heterocycles. The number of carbonyl (C=O) groups is 1. The maximum Gasteiger partial charge on any atom is 0.405 e. The fourth-order valence-corrected chi connectivity index (χ4v) is 4.40. The number of benzene rings is 2. The van der Waals surface area contributed by atoms with Crippen LogP contribution >= 0.6 is 0 Å². The maximum atomic E-state index is 11.3. The molecular weight excluding hydrogens is 326 g/mol. The highest BCUT2D eigenvalue weighted by atomic mass is 16.5. The van der Waals surface area contributed by atoms with E-state index in [1.165, 1.54) is 36.8 Å². The van der Waals surface area contributed by atoms with Crippen molar-refractivity contribution in [3.8, 4) is 5.75 Å². The topological polar surface area (TPSA) is 58.6 Å². The number of carboxylic acid groups (broad SMARTS) is 1. The summed E-state index contributed by atoms with van der Waals surface area (Å²) in [5, 5.41) is 12.0. The minimum atomic E-state index is -0.999. The van der Waals surface area contributed by atoms with Crippen molar-refractivity contribution in [3.05, 3.63) is 65.2 Å². The number of ether oxygens (including phenoxy) is 1. The van der Waals surface area contributed by atoms with Crippen molar-refractivity contribution >= 4 is 6.09 Å². The van der Waals surface area contributed by atoms with E-state index in [9.17, 15) is 9.90 Å². The van der Waals surface area contributed by atoms with Crippen molar-refractivity contribution in [2.75, 3.05) is 0 Å². The lowest BCUT2D eigenvalue weighted by molar-refractivity contribution is 0.153. The van der Waals surface area contributed by atoms with Gasteiger partial charge in [0, 0.05) is 6.42 Å². The summed E-state index contributed by atoms with van der Waals surface area (Å²) in [6, 6.07) is 16.2. The van der Waals surface area contributed by atoms with Gasteiger partial charge in [0.1, 0.15) is 11.9 Å². The molecule has 2 aromatic rings. The van der Waals surface area contributed by atoms with Gasteiger partial charge in [-0.15, -0.1) is 0 Å². The van der Waals surface area contributed by atoms with Crippen molar-refractivity contribution in [1.29, 1.82) is 0 Å². The molecule has 2 atom stereocenters. The number of fused-ring (bicyclic) bond motifs is 1. The third-order valence-electron chi connectivity index (χ3n) is 5.67. The molecule has 0 spiro atoms. The van der Waals surface area contributed by atoms with E-state index in [0.29, 0.717) is 12.3 Å². The third-order valence-corrected chi connectivity index (χ3v) is 5.67. The summed E-state index contributed by atoms with van der Waals surface area (Å²) in [5.74, 6) is 1.60. The van der Waals surface area contributed by atoms with Gasteiger partial charge in [-0.2, -0.15) is 0 Å². The first-order valence-electron chi connectivity index (χ1n) is 9.52. The van der Waals surface area contributed by atoms with Crippen LogP contribution in [-0.2, 0) is 12.8 Å². The minimum absolute atomic E-state index is 0.163. The summed E-state index contributed by atoms with van der Waals surface area (Å²) in [7, 11) is 0. The van der Waals surface area contributed by atoms with Crippen LogP contribution in [0.4, 0.5) is 4.79 Å². The Bertz CT molecular complexity index is 768. The Balaban J connectivity index is 1.55. The Morgan fingerprint density at radius 3 is 2.62 bits per heavy atom. The monoisotopic (exact) mass is 351 g/mol. The van der Waals surface area contributed by atoms with Crippen molar-refractivity contribution in [1.82, 2.24) is 5.32 Å². The summed E-state index contributed by atoms with van der Waals surface area (Å²) >= 11 is 0. The molecular formula is C22H25NO3. The molecule has 0 bridgehead atoms. The molecule has 4 heteroatoms. The van der Waals surface area contributed by atoms with Gasteiger partial charge in [0.05, 0.1) is 6.04 Å². The van der Waals surface area contributed by atoms with E-state index in [1.54, 1.807) is 0 Å². The normalized spacial score (nSPS) is 20.4. The van der Waals surface area contributed by atoms with Crippen molar-refractivity contribution < 1.29 is 14.6 Å². The lowest BCUT2D eigenvalue weighted by Crippen LogP contribution is -2.46. The van der Waals surface area contributed by atoms with Crippen molar-refractivity contribution in [2.45, 2.75) is 56.6 Å². The van der Waals surface area contributed by atoms with Gasteiger partial charge in [-0.05, 0) is 41.9 Å². The zero-order valence-corrected chi connectivity index (χ0v) is 14.9. The first kappa shape index (κ1) is 17.0. The van der Waals surface area contributed by atoms with Crippen LogP contribution in [0.5, 0.6) is 5.75 Å². The molecule has 4 rings (SSSR count). The van der Waals surface area contributed by atoms with E-state index in [2.05, 4.69) is 23.5 Å². The number of hydrogen-bond acceptors (Lipinski definition) is 2. The summed E-state index contributed by atoms with van der Waals surface area (Å²) in [5.41, 5.74) is 3.64. The van der Waals surface area contributed by atoms with Gasteiger partial charge in [-0.1, -0.05) is 61.4 Å². The predicted octanol–water partition coefficient (Wildman–Crippen LogP) is 4.53. The quantitative estimate of drug-likeness (QED) is 0.832. The smallest absolute Gasteiger partial charge is 0.405 e. The predicted molar refractivity (Wildman–Crippen MR) is 101 cm³/mol. The number of amides is 1. The molecule has 1 saturated carbocycles. The molecule has 2 N–H and O–H groups in total. The number of nitrogens with one attached hydrogen (secondary N) is 1. The first-order valence-corrected chi connectivity index (χ1v) is 9.52. The molecule has 4 nitrogen and oxygen atoms in total. The Kier molecular flexibility index (Phi) is 4.83. The number of hydrogen-bond donors (Lipinski definition) is 2. The molecule has 26 heavy (non-hydrogen) atoms. The summed E-state index contributed by atoms with van der Waals surface area (Å²) in [6.45, 7) is 0. The van der Waals surface area contributed by atoms with Crippen molar-refractivity contribution in [2.24, 2.45) is 0 Å². The summed E-state index contributed by atoms with van der Waals surface area (Å²) in [6.07, 6.45) is 5.25. The number of rotatable bonds is 5. The van der Waals surface area contributed by atoms with E-state index in [0.717, 1.165) is 17.7 Å². The summed E-state index contributed by atoms with van der Waals surface area (Å²) < 4.78 is 6.36. The second kappa shape index (κ2) is 7.40. The lowest BCUT2D eigenvalue weighted by atomic mass is 9.93.